The third kappa shape index (κ3) is 4.46. The summed E-state index contributed by atoms with van der Waals surface area (Å²) in [5, 5.41) is 0. The van der Waals surface area contributed by atoms with E-state index in [-0.39, 0.29) is 18.2 Å². The first-order valence-electron chi connectivity index (χ1n) is 9.03. The zero-order chi connectivity index (χ0) is 20.2. The van der Waals surface area contributed by atoms with E-state index in [4.69, 9.17) is 13.9 Å². The van der Waals surface area contributed by atoms with E-state index in [1.54, 1.807) is 12.1 Å². The number of hydrogen-bond acceptors (Lipinski definition) is 6. The topological polar surface area (TPSA) is 57.9 Å². The fraction of sp³-hybridized carbons (Fsp3) is 0.227. The molecule has 7 heteroatoms. The van der Waals surface area contributed by atoms with Gasteiger partial charge in [-0.15, -0.1) is 11.8 Å². The molecule has 0 fully saturated rings. The van der Waals surface area contributed by atoms with Crippen LogP contribution >= 0.6 is 11.8 Å². The molecule has 29 heavy (non-hydrogen) atoms. The Morgan fingerprint density at radius 3 is 2.79 bits per heavy atom. The van der Waals surface area contributed by atoms with Gasteiger partial charge < -0.3 is 18.6 Å². The van der Waals surface area contributed by atoms with Crippen molar-refractivity contribution in [3.63, 3.8) is 0 Å². The van der Waals surface area contributed by atoms with Gasteiger partial charge in [0.2, 0.25) is 12.1 Å². The number of carbonyl (C=O) groups excluding carboxylic acids is 1. The van der Waals surface area contributed by atoms with Crippen molar-refractivity contribution < 1.29 is 27.8 Å². The highest BCUT2D eigenvalue weighted by atomic mass is 32.2. The summed E-state index contributed by atoms with van der Waals surface area (Å²) in [6.45, 7) is 0.283. The molecule has 1 atom stereocenters. The highest BCUT2D eigenvalue weighted by molar-refractivity contribution is 7.97. The minimum absolute atomic E-state index is 0.164. The molecular formula is C22H19FO5S. The maximum Gasteiger partial charge on any atom is 0.373 e. The Labute approximate surface area is 171 Å². The van der Waals surface area contributed by atoms with Crippen LogP contribution in [0.4, 0.5) is 4.39 Å². The lowest BCUT2D eigenvalue weighted by Gasteiger charge is -2.28. The number of thioether (sulfide) groups is 1. The van der Waals surface area contributed by atoms with E-state index in [2.05, 4.69) is 4.74 Å². The minimum atomic E-state index is -0.523. The average molecular weight is 414 g/mol. The fourth-order valence-electron chi connectivity index (χ4n) is 3.09. The Morgan fingerprint density at radius 2 is 2.00 bits per heavy atom. The maximum atomic E-state index is 14.1. The molecule has 0 amide bonds. The molecule has 4 rings (SSSR count). The van der Waals surface area contributed by atoms with Crippen LogP contribution in [0.1, 0.15) is 39.3 Å². The summed E-state index contributed by atoms with van der Waals surface area (Å²) in [4.78, 5) is 11.5. The zero-order valence-electron chi connectivity index (χ0n) is 15.7. The summed E-state index contributed by atoms with van der Waals surface area (Å²) in [6, 6.07) is 15.9. The van der Waals surface area contributed by atoms with Crippen LogP contribution < -0.4 is 4.74 Å². The predicted octanol–water partition coefficient (Wildman–Crippen LogP) is 5.25. The van der Waals surface area contributed by atoms with Crippen LogP contribution in [-0.4, -0.2) is 13.1 Å². The fourth-order valence-corrected chi connectivity index (χ4v) is 3.98. The molecule has 5 nitrogen and oxygen atoms in total. The van der Waals surface area contributed by atoms with Crippen LogP contribution in [0, 0.1) is 5.82 Å². The Balaban J connectivity index is 1.46. The molecule has 1 aromatic heterocycles. The molecule has 0 radical (unpaired) electrons. The van der Waals surface area contributed by atoms with E-state index in [0.717, 1.165) is 11.1 Å². The van der Waals surface area contributed by atoms with Crippen LogP contribution in [0.15, 0.2) is 59.0 Å². The van der Waals surface area contributed by atoms with Gasteiger partial charge in [-0.05, 0) is 24.3 Å². The number of methoxy groups -OCH3 is 1. The van der Waals surface area contributed by atoms with Crippen LogP contribution in [0.3, 0.4) is 0 Å². The van der Waals surface area contributed by atoms with Gasteiger partial charge in [-0.1, -0.05) is 30.3 Å². The van der Waals surface area contributed by atoms with Crippen molar-refractivity contribution in [2.45, 2.75) is 24.4 Å². The van der Waals surface area contributed by atoms with Crippen LogP contribution in [-0.2, 0) is 27.6 Å². The van der Waals surface area contributed by atoms with Gasteiger partial charge in [0.05, 0.1) is 19.5 Å². The molecule has 2 heterocycles. The molecule has 1 aliphatic heterocycles. The number of rotatable bonds is 6. The Bertz CT molecular complexity index is 1000. The van der Waals surface area contributed by atoms with Gasteiger partial charge in [-0.3, -0.25) is 0 Å². The summed E-state index contributed by atoms with van der Waals surface area (Å²) < 4.78 is 36.0. The van der Waals surface area contributed by atoms with E-state index in [1.165, 1.54) is 31.0 Å². The van der Waals surface area contributed by atoms with Gasteiger partial charge in [0.15, 0.2) is 0 Å². The van der Waals surface area contributed by atoms with Gasteiger partial charge in [0.1, 0.15) is 17.3 Å². The van der Waals surface area contributed by atoms with E-state index in [0.29, 0.717) is 28.6 Å². The molecule has 2 aromatic carbocycles. The monoisotopic (exact) mass is 414 g/mol. The third-order valence-electron chi connectivity index (χ3n) is 4.44. The lowest BCUT2D eigenvalue weighted by molar-refractivity contribution is -0.112. The van der Waals surface area contributed by atoms with E-state index < -0.39 is 12.3 Å². The normalized spacial score (nSPS) is 15.4. The standard InChI is InChI=1S/C22H19FO5S/c1-25-21(24)19-8-7-18(27-19)13-29-12-16-10-17(23)9-15-11-26-22(28-20(15)16)14-5-3-2-4-6-14/h2-10,22H,11-13H2,1H3/t22-/m1/s1. The highest BCUT2D eigenvalue weighted by Crippen LogP contribution is 2.38. The minimum Gasteiger partial charge on any atom is -0.463 e. The smallest absolute Gasteiger partial charge is 0.373 e. The number of ether oxygens (including phenoxy) is 3. The summed E-state index contributed by atoms with van der Waals surface area (Å²) in [6.07, 6.45) is -0.523. The van der Waals surface area contributed by atoms with Crippen molar-refractivity contribution in [2.75, 3.05) is 7.11 Å². The molecule has 0 bridgehead atoms. The van der Waals surface area contributed by atoms with Gasteiger partial charge >= 0.3 is 5.97 Å². The average Bonchev–Trinajstić information content (AvgIpc) is 3.22. The van der Waals surface area contributed by atoms with Crippen molar-refractivity contribution in [1.29, 1.82) is 0 Å². The Hall–Kier alpha value is -2.77. The molecule has 0 saturated heterocycles. The molecule has 3 aromatic rings. The highest BCUT2D eigenvalue weighted by Gasteiger charge is 2.25. The number of halogens is 1. The number of esters is 1. The lowest BCUT2D eigenvalue weighted by atomic mass is 10.1. The molecule has 0 spiro atoms. The van der Waals surface area contributed by atoms with Crippen molar-refractivity contribution in [3.05, 3.63) is 88.6 Å². The third-order valence-corrected chi connectivity index (χ3v) is 5.45. The lowest BCUT2D eigenvalue weighted by Crippen LogP contribution is -2.19. The number of carbonyl (C=O) groups is 1. The van der Waals surface area contributed by atoms with Crippen LogP contribution in [0.5, 0.6) is 5.75 Å². The number of furan rings is 1. The van der Waals surface area contributed by atoms with Crippen LogP contribution in [0.25, 0.3) is 0 Å². The van der Waals surface area contributed by atoms with Crippen molar-refractivity contribution in [3.8, 4) is 5.75 Å². The first-order chi connectivity index (χ1) is 14.1. The maximum absolute atomic E-state index is 14.1. The molecule has 150 valence electrons. The number of benzene rings is 2. The molecule has 0 unspecified atom stereocenters. The van der Waals surface area contributed by atoms with Crippen LogP contribution in [0.2, 0.25) is 0 Å². The van der Waals surface area contributed by atoms with Gasteiger partial charge in [-0.25, -0.2) is 9.18 Å². The first kappa shape index (κ1) is 19.5. The zero-order valence-corrected chi connectivity index (χ0v) is 16.5. The largest absolute Gasteiger partial charge is 0.463 e. The molecular weight excluding hydrogens is 395 g/mol. The molecule has 0 aliphatic carbocycles. The molecule has 0 N–H and O–H groups in total. The second kappa shape index (κ2) is 8.71. The van der Waals surface area contributed by atoms with Gasteiger partial charge in [-0.2, -0.15) is 0 Å². The SMILES string of the molecule is COC(=O)c1ccc(CSCc2cc(F)cc3c2O[C@H](c2ccccc2)OC3)o1. The summed E-state index contributed by atoms with van der Waals surface area (Å²) in [5.74, 6) is 1.69. The van der Waals surface area contributed by atoms with Gasteiger partial charge in [0.25, 0.3) is 0 Å². The number of hydrogen-bond donors (Lipinski definition) is 0. The second-order valence-corrected chi connectivity index (χ2v) is 7.46. The Morgan fingerprint density at radius 1 is 1.17 bits per heavy atom. The Kier molecular flexibility index (Phi) is 5.87. The predicted molar refractivity (Wildman–Crippen MR) is 106 cm³/mol. The second-order valence-electron chi connectivity index (χ2n) is 6.47. The molecule has 1 aliphatic rings. The van der Waals surface area contributed by atoms with E-state index in [1.807, 2.05) is 30.3 Å². The quantitative estimate of drug-likeness (QED) is 0.514. The summed E-state index contributed by atoms with van der Waals surface area (Å²) in [7, 11) is 1.30. The number of fused-ring (bicyclic) bond motifs is 1. The van der Waals surface area contributed by atoms with E-state index in [9.17, 15) is 9.18 Å². The first-order valence-corrected chi connectivity index (χ1v) is 10.2. The summed E-state index contributed by atoms with van der Waals surface area (Å²) in [5.41, 5.74) is 2.36. The van der Waals surface area contributed by atoms with Gasteiger partial charge in [0, 0.05) is 22.4 Å². The van der Waals surface area contributed by atoms with Crippen molar-refractivity contribution >= 4 is 17.7 Å². The van der Waals surface area contributed by atoms with Crippen molar-refractivity contribution in [1.82, 2.24) is 0 Å². The van der Waals surface area contributed by atoms with Crippen molar-refractivity contribution in [2.24, 2.45) is 0 Å². The molecule has 0 saturated carbocycles. The van der Waals surface area contributed by atoms with E-state index >= 15 is 0 Å². The summed E-state index contributed by atoms with van der Waals surface area (Å²) >= 11 is 1.54.